The maximum Gasteiger partial charge on any atom is 0.320 e. The van der Waals surface area contributed by atoms with Crippen molar-refractivity contribution in [3.8, 4) is 0 Å². The van der Waals surface area contributed by atoms with E-state index >= 15 is 0 Å². The molecule has 0 bridgehead atoms. The highest BCUT2D eigenvalue weighted by Crippen LogP contribution is 2.25. The summed E-state index contributed by atoms with van der Waals surface area (Å²) in [7, 11) is 0. The highest BCUT2D eigenvalue weighted by molar-refractivity contribution is 5.75. The molecule has 2 amide bonds. The molecule has 0 aliphatic carbocycles. The number of rotatable bonds is 3. The van der Waals surface area contributed by atoms with Crippen molar-refractivity contribution >= 4 is 6.03 Å². The first-order valence-corrected chi connectivity index (χ1v) is 9.08. The number of piperazine rings is 1. The quantitative estimate of drug-likeness (QED) is 0.844. The fourth-order valence-corrected chi connectivity index (χ4v) is 4.10. The topological polar surface area (TPSA) is 48.9 Å². The molecule has 0 N–H and O–H groups in total. The average molecular weight is 330 g/mol. The summed E-state index contributed by atoms with van der Waals surface area (Å²) in [6, 6.07) is 4.68. The van der Waals surface area contributed by atoms with E-state index in [1.165, 1.54) is 0 Å². The van der Waals surface area contributed by atoms with Crippen LogP contribution in [0.5, 0.6) is 0 Å². The van der Waals surface area contributed by atoms with Crippen LogP contribution in [0, 0.1) is 0 Å². The first-order valence-electron chi connectivity index (χ1n) is 9.08. The van der Waals surface area contributed by atoms with Crippen molar-refractivity contribution in [1.82, 2.24) is 19.7 Å². The van der Waals surface area contributed by atoms with E-state index in [9.17, 15) is 4.79 Å². The van der Waals surface area contributed by atoms with Crippen LogP contribution in [0.1, 0.15) is 24.8 Å². The van der Waals surface area contributed by atoms with Crippen LogP contribution < -0.4 is 0 Å². The van der Waals surface area contributed by atoms with Crippen molar-refractivity contribution in [3.63, 3.8) is 0 Å². The summed E-state index contributed by atoms with van der Waals surface area (Å²) in [5.74, 6) is 0. The molecule has 4 rings (SSSR count). The van der Waals surface area contributed by atoms with Gasteiger partial charge in [0.25, 0.3) is 0 Å². The Morgan fingerprint density at radius 3 is 2.83 bits per heavy atom. The van der Waals surface area contributed by atoms with Gasteiger partial charge >= 0.3 is 6.03 Å². The Morgan fingerprint density at radius 2 is 2.04 bits per heavy atom. The van der Waals surface area contributed by atoms with Crippen molar-refractivity contribution in [2.75, 3.05) is 39.3 Å². The van der Waals surface area contributed by atoms with Crippen LogP contribution in [0.25, 0.3) is 0 Å². The van der Waals surface area contributed by atoms with Crippen molar-refractivity contribution in [2.24, 2.45) is 0 Å². The first kappa shape index (κ1) is 15.8. The zero-order chi connectivity index (χ0) is 16.4. The number of aromatic nitrogens is 1. The molecule has 2 atom stereocenters. The van der Waals surface area contributed by atoms with Crippen molar-refractivity contribution < 1.29 is 9.53 Å². The third-order valence-electron chi connectivity index (χ3n) is 5.43. The second-order valence-corrected chi connectivity index (χ2v) is 7.10. The number of ether oxygens (including phenoxy) is 1. The molecule has 0 spiro atoms. The first-order chi connectivity index (χ1) is 11.8. The lowest BCUT2D eigenvalue weighted by Gasteiger charge is -2.38. The minimum Gasteiger partial charge on any atom is -0.372 e. The van der Waals surface area contributed by atoms with Crippen LogP contribution in [-0.4, -0.2) is 77.1 Å². The monoisotopic (exact) mass is 330 g/mol. The van der Waals surface area contributed by atoms with E-state index in [1.807, 2.05) is 23.2 Å². The molecule has 24 heavy (non-hydrogen) atoms. The zero-order valence-corrected chi connectivity index (χ0v) is 14.1. The van der Waals surface area contributed by atoms with Gasteiger partial charge in [0, 0.05) is 57.7 Å². The lowest BCUT2D eigenvalue weighted by atomic mass is 10.1. The second-order valence-electron chi connectivity index (χ2n) is 7.10. The molecule has 0 radical (unpaired) electrons. The maximum atomic E-state index is 12.6. The molecule has 1 aromatic heterocycles. The lowest BCUT2D eigenvalue weighted by molar-refractivity contribution is 0.0460. The molecule has 3 aliphatic rings. The van der Waals surface area contributed by atoms with Gasteiger partial charge in [-0.1, -0.05) is 6.07 Å². The molecule has 6 nitrogen and oxygen atoms in total. The summed E-state index contributed by atoms with van der Waals surface area (Å²) in [6.45, 7) is 6.13. The Kier molecular flexibility index (Phi) is 4.67. The van der Waals surface area contributed by atoms with Gasteiger partial charge in [-0.25, -0.2) is 4.79 Å². The molecule has 1 aromatic rings. The molecular weight excluding hydrogens is 304 g/mol. The minimum absolute atomic E-state index is 0.242. The highest BCUT2D eigenvalue weighted by Gasteiger charge is 2.38. The second kappa shape index (κ2) is 7.07. The van der Waals surface area contributed by atoms with E-state index in [0.29, 0.717) is 12.6 Å². The fourth-order valence-electron chi connectivity index (χ4n) is 4.10. The Hall–Kier alpha value is -1.66. The van der Waals surface area contributed by atoms with Gasteiger partial charge in [0.15, 0.2) is 0 Å². The van der Waals surface area contributed by atoms with E-state index in [1.54, 1.807) is 6.20 Å². The van der Waals surface area contributed by atoms with E-state index < -0.39 is 0 Å². The summed E-state index contributed by atoms with van der Waals surface area (Å²) >= 11 is 0. The third kappa shape index (κ3) is 3.39. The largest absolute Gasteiger partial charge is 0.372 e. The summed E-state index contributed by atoms with van der Waals surface area (Å²) in [5, 5.41) is 0. The van der Waals surface area contributed by atoms with Gasteiger partial charge in [0.05, 0.1) is 12.7 Å². The van der Waals surface area contributed by atoms with Gasteiger partial charge in [0.2, 0.25) is 0 Å². The van der Waals surface area contributed by atoms with Gasteiger partial charge in [-0.3, -0.25) is 9.88 Å². The van der Waals surface area contributed by atoms with Crippen molar-refractivity contribution in [1.29, 1.82) is 0 Å². The molecule has 0 saturated carbocycles. The van der Waals surface area contributed by atoms with Crippen LogP contribution in [0.3, 0.4) is 0 Å². The number of amides is 2. The third-order valence-corrected chi connectivity index (χ3v) is 5.43. The van der Waals surface area contributed by atoms with Crippen LogP contribution >= 0.6 is 0 Å². The SMILES string of the molecule is O=C(N1CCCC1)N1CCN2C[C@H](OCc3cccnc3)C[C@H]2C1. The van der Waals surface area contributed by atoms with Gasteiger partial charge < -0.3 is 14.5 Å². The summed E-state index contributed by atoms with van der Waals surface area (Å²) in [6.07, 6.45) is 7.23. The van der Waals surface area contributed by atoms with Crippen LogP contribution in [0.4, 0.5) is 4.79 Å². The lowest BCUT2D eigenvalue weighted by Crippen LogP contribution is -2.54. The van der Waals surface area contributed by atoms with Crippen LogP contribution in [-0.2, 0) is 11.3 Å². The van der Waals surface area contributed by atoms with E-state index in [-0.39, 0.29) is 12.1 Å². The number of likely N-dealkylation sites (tertiary alicyclic amines) is 1. The molecule has 3 fully saturated rings. The predicted octanol–water partition coefficient (Wildman–Crippen LogP) is 1.57. The Labute approximate surface area is 143 Å². The van der Waals surface area contributed by atoms with Crippen LogP contribution in [0.2, 0.25) is 0 Å². The molecule has 130 valence electrons. The number of carbonyl (C=O) groups excluding carboxylic acids is 1. The number of carbonyl (C=O) groups is 1. The Bertz CT molecular complexity index is 561. The molecule has 0 unspecified atom stereocenters. The number of urea groups is 1. The predicted molar refractivity (Wildman–Crippen MR) is 90.6 cm³/mol. The molecule has 6 heteroatoms. The Morgan fingerprint density at radius 1 is 1.17 bits per heavy atom. The van der Waals surface area contributed by atoms with Gasteiger partial charge in [0.1, 0.15) is 0 Å². The highest BCUT2D eigenvalue weighted by atomic mass is 16.5. The van der Waals surface area contributed by atoms with Gasteiger partial charge in [-0.2, -0.15) is 0 Å². The standard InChI is InChI=1S/C18H26N4O2/c23-18(20-6-1-2-7-20)22-9-8-21-13-17(10-16(21)12-22)24-14-15-4-3-5-19-11-15/h3-5,11,16-17H,1-2,6-10,12-14H2/t16-,17+/m0/s1. The summed E-state index contributed by atoms with van der Waals surface area (Å²) in [4.78, 5) is 23.3. The number of hydrogen-bond acceptors (Lipinski definition) is 4. The van der Waals surface area contributed by atoms with E-state index in [4.69, 9.17) is 4.74 Å². The average Bonchev–Trinajstić information content (AvgIpc) is 3.29. The number of pyridine rings is 1. The molecular formula is C18H26N4O2. The molecule has 3 saturated heterocycles. The van der Waals surface area contributed by atoms with Crippen molar-refractivity contribution in [3.05, 3.63) is 30.1 Å². The normalized spacial score (nSPS) is 27.5. The van der Waals surface area contributed by atoms with Gasteiger partial charge in [-0.05, 0) is 30.9 Å². The van der Waals surface area contributed by atoms with E-state index in [2.05, 4.69) is 14.8 Å². The maximum absolute atomic E-state index is 12.6. The Balaban J connectivity index is 1.28. The number of hydrogen-bond donors (Lipinski definition) is 0. The van der Waals surface area contributed by atoms with E-state index in [0.717, 1.165) is 64.1 Å². The molecule has 0 aromatic carbocycles. The fraction of sp³-hybridized carbons (Fsp3) is 0.667. The molecule has 4 heterocycles. The summed E-state index contributed by atoms with van der Waals surface area (Å²) < 4.78 is 6.08. The number of nitrogens with zero attached hydrogens (tertiary/aromatic N) is 4. The number of fused-ring (bicyclic) bond motifs is 1. The van der Waals surface area contributed by atoms with Crippen LogP contribution in [0.15, 0.2) is 24.5 Å². The van der Waals surface area contributed by atoms with Crippen molar-refractivity contribution in [2.45, 2.75) is 38.0 Å². The summed E-state index contributed by atoms with van der Waals surface area (Å²) in [5.41, 5.74) is 1.12. The molecule has 3 aliphatic heterocycles. The zero-order valence-electron chi connectivity index (χ0n) is 14.1. The van der Waals surface area contributed by atoms with Gasteiger partial charge in [-0.15, -0.1) is 0 Å². The minimum atomic E-state index is 0.242. The smallest absolute Gasteiger partial charge is 0.320 e.